The maximum atomic E-state index is 13.3. The maximum absolute atomic E-state index is 13.3. The number of hydrogen-bond donors (Lipinski definition) is 1. The molecule has 0 aliphatic rings. The van der Waals surface area contributed by atoms with Crippen molar-refractivity contribution in [2.45, 2.75) is 6.18 Å². The fraction of sp³-hybridized carbons (Fsp3) is 0.111. The van der Waals surface area contributed by atoms with Gasteiger partial charge in [-0.2, -0.15) is 13.2 Å². The van der Waals surface area contributed by atoms with Gasteiger partial charge in [-0.1, -0.05) is 36.4 Å². The molecule has 0 radical (unpaired) electrons. The van der Waals surface area contributed by atoms with Gasteiger partial charge in [-0.25, -0.2) is 4.98 Å². The van der Waals surface area contributed by atoms with E-state index in [1.807, 2.05) is 0 Å². The van der Waals surface area contributed by atoms with Crippen molar-refractivity contribution in [2.75, 3.05) is 12.4 Å². The quantitative estimate of drug-likeness (QED) is 0.688. The number of halogens is 3. The average molecular weight is 378 g/mol. The summed E-state index contributed by atoms with van der Waals surface area (Å²) in [7, 11) is 1.46. The van der Waals surface area contributed by atoms with Crippen LogP contribution >= 0.6 is 11.3 Å². The van der Waals surface area contributed by atoms with Crippen molar-refractivity contribution in [3.8, 4) is 16.3 Å². The van der Waals surface area contributed by atoms with Crippen molar-refractivity contribution in [1.29, 1.82) is 0 Å². The third-order valence-electron chi connectivity index (χ3n) is 3.45. The summed E-state index contributed by atoms with van der Waals surface area (Å²) in [6.07, 6.45) is -4.73. The first kappa shape index (κ1) is 17.9. The molecule has 1 aromatic heterocycles. The lowest BCUT2D eigenvalue weighted by atomic mass is 10.2. The molecule has 0 aliphatic heterocycles. The van der Waals surface area contributed by atoms with E-state index >= 15 is 0 Å². The Morgan fingerprint density at radius 2 is 1.85 bits per heavy atom. The van der Waals surface area contributed by atoms with Crippen LogP contribution in [0.4, 0.5) is 18.9 Å². The number of amides is 1. The van der Waals surface area contributed by atoms with E-state index in [9.17, 15) is 18.0 Å². The van der Waals surface area contributed by atoms with Gasteiger partial charge in [0, 0.05) is 17.3 Å². The van der Waals surface area contributed by atoms with Gasteiger partial charge in [0.05, 0.1) is 7.11 Å². The van der Waals surface area contributed by atoms with E-state index in [2.05, 4.69) is 10.3 Å². The normalized spacial score (nSPS) is 11.2. The molecule has 8 heteroatoms. The van der Waals surface area contributed by atoms with Crippen LogP contribution < -0.4 is 10.1 Å². The van der Waals surface area contributed by atoms with Crippen LogP contribution in [0, 0.1) is 0 Å². The third-order valence-corrected chi connectivity index (χ3v) is 4.55. The highest BCUT2D eigenvalue weighted by Crippen LogP contribution is 2.38. The lowest BCUT2D eigenvalue weighted by Crippen LogP contribution is -2.17. The molecule has 0 bridgehead atoms. The molecule has 0 aliphatic carbocycles. The molecular formula is C18H13F3N2O2S. The Hall–Kier alpha value is -2.87. The van der Waals surface area contributed by atoms with Crippen molar-refractivity contribution >= 4 is 22.9 Å². The third kappa shape index (κ3) is 3.85. The van der Waals surface area contributed by atoms with Crippen molar-refractivity contribution in [2.24, 2.45) is 0 Å². The number of carbonyl (C=O) groups excluding carboxylic acids is 1. The van der Waals surface area contributed by atoms with Crippen LogP contribution in [-0.4, -0.2) is 18.0 Å². The molecule has 0 unspecified atom stereocenters. The van der Waals surface area contributed by atoms with Gasteiger partial charge in [0.1, 0.15) is 15.6 Å². The summed E-state index contributed by atoms with van der Waals surface area (Å²) in [4.78, 5) is 15.6. The number of nitrogens with zero attached hydrogens (tertiary/aromatic N) is 1. The van der Waals surface area contributed by atoms with E-state index in [0.29, 0.717) is 28.3 Å². The van der Waals surface area contributed by atoms with Gasteiger partial charge in [0.2, 0.25) is 0 Å². The number of rotatable bonds is 4. The molecule has 4 nitrogen and oxygen atoms in total. The lowest BCUT2D eigenvalue weighted by Gasteiger charge is -2.08. The van der Waals surface area contributed by atoms with E-state index in [0.717, 1.165) is 0 Å². The number of benzene rings is 2. The van der Waals surface area contributed by atoms with Gasteiger partial charge in [-0.05, 0) is 12.1 Å². The Kier molecular flexibility index (Phi) is 4.94. The number of ether oxygens (including phenoxy) is 1. The van der Waals surface area contributed by atoms with E-state index < -0.39 is 22.7 Å². The van der Waals surface area contributed by atoms with Gasteiger partial charge in [0.25, 0.3) is 5.91 Å². The number of thiazole rings is 1. The van der Waals surface area contributed by atoms with Crippen LogP contribution in [0.15, 0.2) is 54.6 Å². The van der Waals surface area contributed by atoms with Crippen molar-refractivity contribution in [3.63, 3.8) is 0 Å². The second-order valence-electron chi connectivity index (χ2n) is 5.25. The van der Waals surface area contributed by atoms with Crippen molar-refractivity contribution in [3.05, 3.63) is 65.2 Å². The first-order chi connectivity index (χ1) is 12.4. The summed E-state index contributed by atoms with van der Waals surface area (Å²) in [6, 6.07) is 14.8. The lowest BCUT2D eigenvalue weighted by molar-refractivity contribution is -0.140. The van der Waals surface area contributed by atoms with Gasteiger partial charge in [0.15, 0.2) is 5.69 Å². The summed E-state index contributed by atoms with van der Waals surface area (Å²) >= 11 is 0.702. The zero-order chi connectivity index (χ0) is 18.7. The molecule has 0 spiro atoms. The molecule has 3 aromatic rings. The van der Waals surface area contributed by atoms with E-state index in [4.69, 9.17) is 4.74 Å². The molecule has 0 fully saturated rings. The number of anilines is 1. The van der Waals surface area contributed by atoms with Crippen LogP contribution in [0.3, 0.4) is 0 Å². The minimum atomic E-state index is -4.73. The van der Waals surface area contributed by atoms with Gasteiger partial charge in [-0.15, -0.1) is 11.3 Å². The summed E-state index contributed by atoms with van der Waals surface area (Å²) < 4.78 is 45.1. The molecule has 3 rings (SSSR count). The molecule has 1 heterocycles. The highest BCUT2D eigenvalue weighted by Gasteiger charge is 2.39. The molecule has 0 saturated carbocycles. The van der Waals surface area contributed by atoms with Gasteiger partial charge in [-0.3, -0.25) is 4.79 Å². The van der Waals surface area contributed by atoms with Gasteiger partial charge < -0.3 is 10.1 Å². The number of nitrogens with one attached hydrogen (secondary N) is 1. The van der Waals surface area contributed by atoms with E-state index in [1.54, 1.807) is 48.5 Å². The zero-order valence-corrected chi connectivity index (χ0v) is 14.3. The zero-order valence-electron chi connectivity index (χ0n) is 13.5. The summed E-state index contributed by atoms with van der Waals surface area (Å²) in [6.45, 7) is 0. The number of aromatic nitrogens is 1. The van der Waals surface area contributed by atoms with Crippen LogP contribution in [0.5, 0.6) is 5.75 Å². The smallest absolute Gasteiger partial charge is 0.435 e. The summed E-state index contributed by atoms with van der Waals surface area (Å²) in [5, 5.41) is 2.59. The highest BCUT2D eigenvalue weighted by atomic mass is 32.1. The fourth-order valence-corrected chi connectivity index (χ4v) is 3.25. The maximum Gasteiger partial charge on any atom is 0.435 e. The summed E-state index contributed by atoms with van der Waals surface area (Å²) in [5.74, 6) is -0.390. The fourth-order valence-electron chi connectivity index (χ4n) is 2.26. The second kappa shape index (κ2) is 7.17. The Morgan fingerprint density at radius 3 is 2.50 bits per heavy atom. The molecule has 1 amide bonds. The monoisotopic (exact) mass is 378 g/mol. The Labute approximate surface area is 151 Å². The second-order valence-corrected chi connectivity index (χ2v) is 6.25. The topological polar surface area (TPSA) is 51.2 Å². The molecular weight excluding hydrogens is 365 g/mol. The predicted octanol–water partition coefficient (Wildman–Crippen LogP) is 5.09. The standard InChI is InChI=1S/C18H13F3N2O2S/c1-25-13-9-5-8-12(10-13)22-16(24)14-15(18(19,20)21)23-17(26-14)11-6-3-2-4-7-11/h2-10H,1H3,(H,22,24). The number of alkyl halides is 3. The van der Waals surface area contributed by atoms with Gasteiger partial charge >= 0.3 is 6.18 Å². The summed E-state index contributed by atoms with van der Waals surface area (Å²) in [5.41, 5.74) is -0.345. The van der Waals surface area contributed by atoms with Crippen molar-refractivity contribution in [1.82, 2.24) is 4.98 Å². The van der Waals surface area contributed by atoms with Crippen molar-refractivity contribution < 1.29 is 22.7 Å². The molecule has 1 N–H and O–H groups in total. The molecule has 134 valence electrons. The molecule has 26 heavy (non-hydrogen) atoms. The van der Waals surface area contributed by atoms with E-state index in [1.165, 1.54) is 13.2 Å². The number of hydrogen-bond acceptors (Lipinski definition) is 4. The average Bonchev–Trinajstić information content (AvgIpc) is 3.09. The van der Waals surface area contributed by atoms with E-state index in [-0.39, 0.29) is 5.01 Å². The predicted molar refractivity (Wildman–Crippen MR) is 93.5 cm³/mol. The largest absolute Gasteiger partial charge is 0.497 e. The molecule has 0 atom stereocenters. The Balaban J connectivity index is 1.97. The Bertz CT molecular complexity index is 924. The minimum Gasteiger partial charge on any atom is -0.497 e. The minimum absolute atomic E-state index is 0.133. The van der Waals surface area contributed by atoms with Crippen LogP contribution in [0.2, 0.25) is 0 Å². The van der Waals surface area contributed by atoms with Crippen LogP contribution in [-0.2, 0) is 6.18 Å². The SMILES string of the molecule is COc1cccc(NC(=O)c2sc(-c3ccccc3)nc2C(F)(F)F)c1. The molecule has 2 aromatic carbocycles. The number of methoxy groups -OCH3 is 1. The number of carbonyl (C=O) groups is 1. The molecule has 0 saturated heterocycles. The first-order valence-corrected chi connectivity index (χ1v) is 8.29. The Morgan fingerprint density at radius 1 is 1.12 bits per heavy atom. The highest BCUT2D eigenvalue weighted by molar-refractivity contribution is 7.17. The van der Waals surface area contributed by atoms with Crippen LogP contribution in [0.1, 0.15) is 15.4 Å². The van der Waals surface area contributed by atoms with Crippen LogP contribution in [0.25, 0.3) is 10.6 Å². The first-order valence-electron chi connectivity index (χ1n) is 7.47.